The summed E-state index contributed by atoms with van der Waals surface area (Å²) < 4.78 is 28.9. The molecule has 10 nitrogen and oxygen atoms in total. The zero-order valence-corrected chi connectivity index (χ0v) is 18.1. The largest absolute Gasteiger partial charge is 0.482 e. The third kappa shape index (κ3) is 3.66. The zero-order chi connectivity index (χ0) is 23.1. The number of ether oxygens (including phenoxy) is 2. The molecule has 11 heteroatoms. The summed E-state index contributed by atoms with van der Waals surface area (Å²) in [7, 11) is 1.83. The van der Waals surface area contributed by atoms with Crippen LogP contribution in [0.2, 0.25) is 0 Å². The van der Waals surface area contributed by atoms with Crippen molar-refractivity contribution in [1.82, 2.24) is 34.3 Å². The second-order valence-electron chi connectivity index (χ2n) is 7.76. The minimum Gasteiger partial charge on any atom is -0.482 e. The molecule has 0 fully saturated rings. The van der Waals surface area contributed by atoms with E-state index in [1.807, 2.05) is 35.7 Å². The molecule has 0 saturated heterocycles. The fourth-order valence-corrected chi connectivity index (χ4v) is 3.85. The molecule has 1 N–H and O–H groups in total. The van der Waals surface area contributed by atoms with E-state index in [-0.39, 0.29) is 11.9 Å². The fourth-order valence-electron chi connectivity index (χ4n) is 3.85. The SMILES string of the molecule is Cn1nccc1Nc1nccc(-c2cc3n4c(nnc4c2)C(Oc2ccc(F)cc2)CCO3)n1. The number of anilines is 2. The van der Waals surface area contributed by atoms with Gasteiger partial charge in [-0.3, -0.25) is 4.68 Å². The van der Waals surface area contributed by atoms with E-state index in [9.17, 15) is 4.39 Å². The molecule has 0 radical (unpaired) electrons. The number of nitrogens with zero attached hydrogens (tertiary/aromatic N) is 7. The predicted molar refractivity (Wildman–Crippen MR) is 120 cm³/mol. The van der Waals surface area contributed by atoms with Gasteiger partial charge in [0, 0.05) is 37.4 Å². The summed E-state index contributed by atoms with van der Waals surface area (Å²) in [5, 5.41) is 16.0. The van der Waals surface area contributed by atoms with Gasteiger partial charge in [0.2, 0.25) is 11.8 Å². The average Bonchev–Trinajstić information content (AvgIpc) is 3.41. The molecule has 1 aliphatic rings. The monoisotopic (exact) mass is 458 g/mol. The van der Waals surface area contributed by atoms with Crippen molar-refractivity contribution in [2.24, 2.45) is 7.05 Å². The Morgan fingerprint density at radius 3 is 2.79 bits per heavy atom. The van der Waals surface area contributed by atoms with Gasteiger partial charge in [0.05, 0.1) is 18.5 Å². The van der Waals surface area contributed by atoms with Gasteiger partial charge < -0.3 is 14.8 Å². The van der Waals surface area contributed by atoms with E-state index < -0.39 is 0 Å². The molecule has 1 aromatic carbocycles. The van der Waals surface area contributed by atoms with E-state index in [1.165, 1.54) is 12.1 Å². The molecule has 6 rings (SSSR count). The summed E-state index contributed by atoms with van der Waals surface area (Å²) in [4.78, 5) is 8.94. The first kappa shape index (κ1) is 20.1. The molecule has 0 spiro atoms. The van der Waals surface area contributed by atoms with Crippen LogP contribution in [0.1, 0.15) is 18.3 Å². The van der Waals surface area contributed by atoms with Crippen molar-refractivity contribution < 1.29 is 13.9 Å². The van der Waals surface area contributed by atoms with Crippen LogP contribution in [-0.2, 0) is 7.05 Å². The fraction of sp³-hybridized carbons (Fsp3) is 0.174. The highest BCUT2D eigenvalue weighted by atomic mass is 19.1. The molecule has 0 saturated carbocycles. The molecule has 5 aromatic rings. The average molecular weight is 458 g/mol. The Morgan fingerprint density at radius 1 is 1.09 bits per heavy atom. The molecule has 0 bridgehead atoms. The topological polar surface area (TPSA) is 104 Å². The number of hydrogen-bond acceptors (Lipinski definition) is 8. The van der Waals surface area contributed by atoms with Crippen molar-refractivity contribution in [3.05, 3.63) is 72.6 Å². The molecular formula is C23H19FN8O2. The Balaban J connectivity index is 1.34. The van der Waals surface area contributed by atoms with Crippen LogP contribution in [0.15, 0.2) is 60.9 Å². The summed E-state index contributed by atoms with van der Waals surface area (Å²) in [6.07, 6.45) is 3.56. The van der Waals surface area contributed by atoms with Gasteiger partial charge in [-0.05, 0) is 36.4 Å². The van der Waals surface area contributed by atoms with Gasteiger partial charge >= 0.3 is 0 Å². The Hall–Kier alpha value is -4.54. The van der Waals surface area contributed by atoms with Crippen molar-refractivity contribution in [1.29, 1.82) is 0 Å². The van der Waals surface area contributed by atoms with Crippen LogP contribution in [0, 0.1) is 5.82 Å². The summed E-state index contributed by atoms with van der Waals surface area (Å²) in [5.74, 6) is 2.68. The Bertz CT molecular complexity index is 1480. The smallest absolute Gasteiger partial charge is 0.228 e. The van der Waals surface area contributed by atoms with Crippen LogP contribution < -0.4 is 14.8 Å². The van der Waals surface area contributed by atoms with Crippen LogP contribution in [0.3, 0.4) is 0 Å². The number of nitrogens with one attached hydrogen (secondary N) is 1. The lowest BCUT2D eigenvalue weighted by molar-refractivity contribution is 0.166. The number of benzene rings is 1. The highest BCUT2D eigenvalue weighted by Gasteiger charge is 2.26. The lowest BCUT2D eigenvalue weighted by Gasteiger charge is -2.15. The third-order valence-electron chi connectivity index (χ3n) is 5.52. The van der Waals surface area contributed by atoms with Crippen LogP contribution in [0.25, 0.3) is 16.9 Å². The van der Waals surface area contributed by atoms with Crippen LogP contribution in [0.5, 0.6) is 11.6 Å². The molecule has 0 aliphatic carbocycles. The van der Waals surface area contributed by atoms with E-state index in [0.717, 1.165) is 11.4 Å². The minimum atomic E-state index is -0.388. The number of aromatic nitrogens is 7. The number of rotatable bonds is 5. The Morgan fingerprint density at radius 2 is 1.97 bits per heavy atom. The quantitative estimate of drug-likeness (QED) is 0.425. The molecule has 34 heavy (non-hydrogen) atoms. The minimum absolute atomic E-state index is 0.317. The standard InChI is InChI=1S/C23H19FN8O2/c1-31-19(7-10-26-31)28-23-25-9-6-17(27-23)14-12-20-29-30-22-18(8-11-33-21(13-14)32(20)22)34-16-4-2-15(24)3-5-16/h2-7,9-10,12-13,18H,8,11H2,1H3,(H,25,27,28). The van der Waals surface area contributed by atoms with Crippen LogP contribution in [-0.4, -0.2) is 41.0 Å². The van der Waals surface area contributed by atoms with Gasteiger partial charge in [-0.15, -0.1) is 10.2 Å². The second-order valence-corrected chi connectivity index (χ2v) is 7.76. The van der Waals surface area contributed by atoms with Gasteiger partial charge in [0.25, 0.3) is 0 Å². The lowest BCUT2D eigenvalue weighted by atomic mass is 10.2. The van der Waals surface area contributed by atoms with Gasteiger partial charge in [-0.25, -0.2) is 18.8 Å². The lowest BCUT2D eigenvalue weighted by Crippen LogP contribution is -2.11. The predicted octanol–water partition coefficient (Wildman–Crippen LogP) is 3.71. The molecule has 1 atom stereocenters. The zero-order valence-electron chi connectivity index (χ0n) is 18.1. The van der Waals surface area contributed by atoms with Gasteiger partial charge in [-0.1, -0.05) is 0 Å². The number of aryl methyl sites for hydroxylation is 1. The van der Waals surface area contributed by atoms with Crippen molar-refractivity contribution in [2.75, 3.05) is 11.9 Å². The summed E-state index contributed by atoms with van der Waals surface area (Å²) in [5.41, 5.74) is 2.13. The number of pyridine rings is 1. The van der Waals surface area contributed by atoms with E-state index in [2.05, 4.69) is 30.6 Å². The summed E-state index contributed by atoms with van der Waals surface area (Å²) in [6.45, 7) is 0.421. The van der Waals surface area contributed by atoms with Gasteiger partial charge in [0.15, 0.2) is 17.6 Å². The van der Waals surface area contributed by atoms with Crippen molar-refractivity contribution in [3.8, 4) is 22.9 Å². The maximum absolute atomic E-state index is 13.3. The molecule has 1 aliphatic heterocycles. The summed E-state index contributed by atoms with van der Waals surface area (Å²) in [6, 6.07) is 13.4. The van der Waals surface area contributed by atoms with E-state index in [4.69, 9.17) is 9.47 Å². The molecule has 1 unspecified atom stereocenters. The molecule has 170 valence electrons. The molecule has 5 heterocycles. The Kier molecular flexibility index (Phi) is 4.79. The van der Waals surface area contributed by atoms with Crippen molar-refractivity contribution >= 4 is 17.4 Å². The van der Waals surface area contributed by atoms with Gasteiger partial charge in [-0.2, -0.15) is 5.10 Å². The van der Waals surface area contributed by atoms with Crippen LogP contribution >= 0.6 is 0 Å². The third-order valence-corrected chi connectivity index (χ3v) is 5.52. The van der Waals surface area contributed by atoms with E-state index in [0.29, 0.717) is 47.8 Å². The van der Waals surface area contributed by atoms with Crippen LogP contribution in [0.4, 0.5) is 16.2 Å². The first-order chi connectivity index (χ1) is 16.6. The number of halogens is 1. The maximum atomic E-state index is 13.3. The van der Waals surface area contributed by atoms with Crippen molar-refractivity contribution in [2.45, 2.75) is 12.5 Å². The highest BCUT2D eigenvalue weighted by Crippen LogP contribution is 2.33. The normalized spacial score (nSPS) is 15.1. The summed E-state index contributed by atoms with van der Waals surface area (Å²) >= 11 is 0. The van der Waals surface area contributed by atoms with Crippen molar-refractivity contribution in [3.63, 3.8) is 0 Å². The number of hydrogen-bond donors (Lipinski definition) is 1. The molecule has 0 amide bonds. The van der Waals surface area contributed by atoms with E-state index >= 15 is 0 Å². The Labute approximate surface area is 193 Å². The maximum Gasteiger partial charge on any atom is 0.228 e. The first-order valence-electron chi connectivity index (χ1n) is 10.7. The second kappa shape index (κ2) is 8.10. The molecule has 4 aromatic heterocycles. The highest BCUT2D eigenvalue weighted by molar-refractivity contribution is 5.67. The van der Waals surface area contributed by atoms with E-state index in [1.54, 1.807) is 29.2 Å². The van der Waals surface area contributed by atoms with Gasteiger partial charge in [0.1, 0.15) is 17.4 Å². The first-order valence-corrected chi connectivity index (χ1v) is 10.7. The molecular weight excluding hydrogens is 439 g/mol.